The lowest BCUT2D eigenvalue weighted by Crippen LogP contribution is -2.22. The molecule has 22 heavy (non-hydrogen) atoms. The quantitative estimate of drug-likeness (QED) is 0.742. The lowest BCUT2D eigenvalue weighted by molar-refractivity contribution is 0.367. The van der Waals surface area contributed by atoms with Crippen LogP contribution in [-0.2, 0) is 7.05 Å². The van der Waals surface area contributed by atoms with E-state index in [0.29, 0.717) is 17.2 Å². The highest BCUT2D eigenvalue weighted by atomic mass is 16.5. The van der Waals surface area contributed by atoms with Gasteiger partial charge in [0.1, 0.15) is 5.75 Å². The summed E-state index contributed by atoms with van der Waals surface area (Å²) in [5.74, 6) is 1.23. The highest BCUT2D eigenvalue weighted by molar-refractivity contribution is 5.49. The fourth-order valence-corrected chi connectivity index (χ4v) is 2.12. The molecule has 3 rings (SSSR count). The van der Waals surface area contributed by atoms with Crippen LogP contribution in [0.1, 0.15) is 0 Å². The molecule has 3 aromatic rings. The molecule has 0 radical (unpaired) electrons. The first-order valence-corrected chi connectivity index (χ1v) is 6.73. The van der Waals surface area contributed by atoms with Crippen molar-refractivity contribution in [1.29, 1.82) is 0 Å². The van der Waals surface area contributed by atoms with Gasteiger partial charge in [0.25, 0.3) is 0 Å². The molecule has 0 unspecified atom stereocenters. The maximum Gasteiger partial charge on any atom is 0.353 e. The van der Waals surface area contributed by atoms with Crippen molar-refractivity contribution in [2.45, 2.75) is 0 Å². The van der Waals surface area contributed by atoms with Gasteiger partial charge in [-0.1, -0.05) is 30.3 Å². The van der Waals surface area contributed by atoms with E-state index in [9.17, 15) is 4.79 Å². The summed E-state index contributed by atoms with van der Waals surface area (Å²) in [5.41, 5.74) is 0.266. The number of benzene rings is 2. The van der Waals surface area contributed by atoms with Crippen LogP contribution in [-0.4, -0.2) is 21.5 Å². The van der Waals surface area contributed by atoms with Crippen molar-refractivity contribution in [2.75, 3.05) is 7.11 Å². The number of methoxy groups -OCH3 is 1. The molecular weight excluding hydrogens is 282 g/mol. The lowest BCUT2D eigenvalue weighted by atomic mass is 10.3. The zero-order chi connectivity index (χ0) is 15.5. The van der Waals surface area contributed by atoms with Crippen LogP contribution in [0.25, 0.3) is 5.69 Å². The lowest BCUT2D eigenvalue weighted by Gasteiger charge is -2.11. The van der Waals surface area contributed by atoms with Crippen LogP contribution in [0.3, 0.4) is 0 Å². The predicted molar refractivity (Wildman–Crippen MR) is 81.9 cm³/mol. The Kier molecular flexibility index (Phi) is 3.65. The second-order valence-electron chi connectivity index (χ2n) is 4.61. The van der Waals surface area contributed by atoms with Crippen LogP contribution < -0.4 is 15.2 Å². The smallest absolute Gasteiger partial charge is 0.353 e. The standard InChI is InChI=1S/C16H15N3O3/c1-18-16(20)19(15(17-18)21-2)13-10-6-7-11-14(13)22-12-8-4-3-5-9-12/h3-11H,1-2H3. The summed E-state index contributed by atoms with van der Waals surface area (Å²) in [7, 11) is 3.04. The molecule has 0 spiro atoms. The van der Waals surface area contributed by atoms with E-state index in [-0.39, 0.29) is 11.7 Å². The predicted octanol–water partition coefficient (Wildman–Crippen LogP) is 2.37. The Morgan fingerprint density at radius 3 is 2.41 bits per heavy atom. The molecule has 0 N–H and O–H groups in total. The normalized spacial score (nSPS) is 10.5. The van der Waals surface area contributed by atoms with Crippen molar-refractivity contribution in [1.82, 2.24) is 14.3 Å². The third-order valence-corrected chi connectivity index (χ3v) is 3.15. The number of hydrogen-bond donors (Lipinski definition) is 0. The molecule has 0 saturated heterocycles. The van der Waals surface area contributed by atoms with Gasteiger partial charge in [-0.3, -0.25) is 0 Å². The Morgan fingerprint density at radius 2 is 1.68 bits per heavy atom. The first kappa shape index (κ1) is 13.9. The summed E-state index contributed by atoms with van der Waals surface area (Å²) in [4.78, 5) is 12.3. The van der Waals surface area contributed by atoms with Crippen LogP contribution in [0.2, 0.25) is 0 Å². The molecule has 1 heterocycles. The minimum absolute atomic E-state index is 0.205. The molecule has 0 amide bonds. The fourth-order valence-electron chi connectivity index (χ4n) is 2.12. The van der Waals surface area contributed by atoms with Gasteiger partial charge in [0.2, 0.25) is 0 Å². The molecular formula is C16H15N3O3. The summed E-state index contributed by atoms with van der Waals surface area (Å²) in [6, 6.07) is 16.8. The molecule has 0 aliphatic carbocycles. The number of nitrogens with zero attached hydrogens (tertiary/aromatic N) is 3. The molecule has 0 saturated carbocycles. The molecule has 0 aliphatic rings. The van der Waals surface area contributed by atoms with Gasteiger partial charge in [-0.25, -0.2) is 14.0 Å². The first-order chi connectivity index (χ1) is 10.7. The van der Waals surface area contributed by atoms with E-state index in [1.807, 2.05) is 42.5 Å². The second-order valence-corrected chi connectivity index (χ2v) is 4.61. The molecule has 112 valence electrons. The van der Waals surface area contributed by atoms with Gasteiger partial charge in [-0.2, -0.15) is 0 Å². The summed E-state index contributed by atoms with van der Waals surface area (Å²) >= 11 is 0. The van der Waals surface area contributed by atoms with Crippen LogP contribution in [0, 0.1) is 0 Å². The summed E-state index contributed by atoms with van der Waals surface area (Å²) in [6.45, 7) is 0. The maximum atomic E-state index is 12.3. The zero-order valence-corrected chi connectivity index (χ0v) is 12.3. The summed E-state index contributed by atoms with van der Waals surface area (Å²) in [5, 5.41) is 4.04. The maximum absolute atomic E-state index is 12.3. The summed E-state index contributed by atoms with van der Waals surface area (Å²) < 4.78 is 13.7. The molecule has 1 aromatic heterocycles. The Hall–Kier alpha value is -3.02. The minimum atomic E-state index is -0.305. The molecule has 6 nitrogen and oxygen atoms in total. The van der Waals surface area contributed by atoms with Crippen LogP contribution in [0.4, 0.5) is 0 Å². The monoisotopic (exact) mass is 297 g/mol. The van der Waals surface area contributed by atoms with Gasteiger partial charge < -0.3 is 9.47 Å². The Labute approximate surface area is 127 Å². The van der Waals surface area contributed by atoms with E-state index in [1.54, 1.807) is 19.2 Å². The topological polar surface area (TPSA) is 58.3 Å². The number of aromatic nitrogens is 3. The van der Waals surface area contributed by atoms with E-state index in [0.717, 1.165) is 0 Å². The number of para-hydroxylation sites is 3. The van der Waals surface area contributed by atoms with E-state index in [1.165, 1.54) is 16.4 Å². The van der Waals surface area contributed by atoms with Crippen molar-refractivity contribution in [3.05, 3.63) is 65.1 Å². The number of hydrogen-bond acceptors (Lipinski definition) is 4. The van der Waals surface area contributed by atoms with E-state index < -0.39 is 0 Å². The molecule has 0 fully saturated rings. The third kappa shape index (κ3) is 2.46. The Balaban J connectivity index is 2.11. The van der Waals surface area contributed by atoms with Gasteiger partial charge in [-0.05, 0) is 24.3 Å². The van der Waals surface area contributed by atoms with Gasteiger partial charge in [0.15, 0.2) is 5.75 Å². The minimum Gasteiger partial charge on any atom is -0.467 e. The average Bonchev–Trinajstić information content (AvgIpc) is 2.84. The van der Waals surface area contributed by atoms with Crippen molar-refractivity contribution in [3.8, 4) is 23.2 Å². The van der Waals surface area contributed by atoms with Crippen molar-refractivity contribution in [2.24, 2.45) is 7.05 Å². The largest absolute Gasteiger partial charge is 0.467 e. The van der Waals surface area contributed by atoms with Gasteiger partial charge in [0.05, 0.1) is 12.8 Å². The van der Waals surface area contributed by atoms with Crippen LogP contribution in [0.5, 0.6) is 17.5 Å². The van der Waals surface area contributed by atoms with Gasteiger partial charge >= 0.3 is 11.7 Å². The second kappa shape index (κ2) is 5.77. The van der Waals surface area contributed by atoms with Crippen molar-refractivity contribution >= 4 is 0 Å². The Bertz CT molecular complexity index is 837. The molecule has 0 atom stereocenters. The van der Waals surface area contributed by atoms with Gasteiger partial charge in [0, 0.05) is 7.05 Å². The van der Waals surface area contributed by atoms with Gasteiger partial charge in [-0.15, -0.1) is 5.10 Å². The molecule has 2 aromatic carbocycles. The van der Waals surface area contributed by atoms with E-state index in [2.05, 4.69) is 5.10 Å². The number of ether oxygens (including phenoxy) is 2. The van der Waals surface area contributed by atoms with E-state index in [4.69, 9.17) is 9.47 Å². The van der Waals surface area contributed by atoms with Crippen LogP contribution >= 0.6 is 0 Å². The third-order valence-electron chi connectivity index (χ3n) is 3.15. The number of rotatable bonds is 4. The molecule has 0 aliphatic heterocycles. The average molecular weight is 297 g/mol. The summed E-state index contributed by atoms with van der Waals surface area (Å²) in [6.07, 6.45) is 0. The number of aryl methyl sites for hydroxylation is 1. The SMILES string of the molecule is COc1nn(C)c(=O)n1-c1ccccc1Oc1ccccc1. The highest BCUT2D eigenvalue weighted by Crippen LogP contribution is 2.28. The Morgan fingerprint density at radius 1 is 1.00 bits per heavy atom. The first-order valence-electron chi connectivity index (χ1n) is 6.73. The van der Waals surface area contributed by atoms with E-state index >= 15 is 0 Å². The highest BCUT2D eigenvalue weighted by Gasteiger charge is 2.17. The van der Waals surface area contributed by atoms with Crippen LogP contribution in [0.15, 0.2) is 59.4 Å². The van der Waals surface area contributed by atoms with Crippen molar-refractivity contribution < 1.29 is 9.47 Å². The van der Waals surface area contributed by atoms with Crippen molar-refractivity contribution in [3.63, 3.8) is 0 Å². The fraction of sp³-hybridized carbons (Fsp3) is 0.125. The molecule has 6 heteroatoms. The molecule has 0 bridgehead atoms. The zero-order valence-electron chi connectivity index (χ0n) is 12.3.